The van der Waals surface area contributed by atoms with Crippen LogP contribution in [0.3, 0.4) is 0 Å². The Morgan fingerprint density at radius 3 is 2.41 bits per heavy atom. The Morgan fingerprint density at radius 2 is 1.74 bits per heavy atom. The number of thiazole rings is 1. The molecular formula is C23H34N2OS. The molecule has 4 bridgehead atoms. The second-order valence-corrected chi connectivity index (χ2v) is 11.2. The van der Waals surface area contributed by atoms with Gasteiger partial charge >= 0.3 is 0 Å². The summed E-state index contributed by atoms with van der Waals surface area (Å²) in [5.41, 5.74) is 1.76. The summed E-state index contributed by atoms with van der Waals surface area (Å²) >= 11 is 1.62. The van der Waals surface area contributed by atoms with Crippen LogP contribution in [0.25, 0.3) is 0 Å². The number of hydrogen-bond acceptors (Lipinski definition) is 3. The minimum atomic E-state index is 0.163. The van der Waals surface area contributed by atoms with Gasteiger partial charge in [0.25, 0.3) is 0 Å². The molecule has 5 aliphatic carbocycles. The van der Waals surface area contributed by atoms with Gasteiger partial charge < -0.3 is 5.32 Å². The smallest absolute Gasteiger partial charge is 0.226 e. The van der Waals surface area contributed by atoms with Gasteiger partial charge in [0.15, 0.2) is 5.13 Å². The number of nitrogens with one attached hydrogen (secondary N) is 1. The highest BCUT2D eigenvalue weighted by Gasteiger charge is 2.50. The average Bonchev–Trinajstić information content (AvgIpc) is 3.05. The quantitative estimate of drug-likeness (QED) is 0.632. The second kappa shape index (κ2) is 7.50. The molecule has 1 N–H and O–H groups in total. The lowest BCUT2D eigenvalue weighted by Crippen LogP contribution is -2.47. The molecule has 1 heterocycles. The summed E-state index contributed by atoms with van der Waals surface area (Å²) in [6.45, 7) is 0. The zero-order chi connectivity index (χ0) is 18.3. The number of carbonyl (C=O) groups excluding carboxylic acids is 1. The van der Waals surface area contributed by atoms with Crippen molar-refractivity contribution in [3.63, 3.8) is 0 Å². The molecule has 3 nitrogen and oxygen atoms in total. The van der Waals surface area contributed by atoms with E-state index in [0.717, 1.165) is 41.6 Å². The summed E-state index contributed by atoms with van der Waals surface area (Å²) in [6.07, 6.45) is 18.4. The number of nitrogens with zero attached hydrogens (tertiary/aromatic N) is 1. The van der Waals surface area contributed by atoms with E-state index in [-0.39, 0.29) is 5.91 Å². The lowest BCUT2D eigenvalue weighted by molar-refractivity contribution is -0.116. The van der Waals surface area contributed by atoms with Gasteiger partial charge in [0, 0.05) is 11.8 Å². The number of anilines is 1. The summed E-state index contributed by atoms with van der Waals surface area (Å²) in [6, 6.07) is 0. The van der Waals surface area contributed by atoms with Gasteiger partial charge in [-0.15, -0.1) is 11.3 Å². The molecule has 0 saturated heterocycles. The van der Waals surface area contributed by atoms with E-state index in [1.807, 2.05) is 0 Å². The molecule has 0 unspecified atom stereocenters. The Labute approximate surface area is 167 Å². The van der Waals surface area contributed by atoms with Gasteiger partial charge in [0.1, 0.15) is 0 Å². The Kier molecular flexibility index (Phi) is 5.04. The van der Waals surface area contributed by atoms with Crippen LogP contribution in [0.5, 0.6) is 0 Å². The third-order valence-electron chi connectivity index (χ3n) is 8.02. The van der Waals surface area contributed by atoms with Crippen molar-refractivity contribution < 1.29 is 4.79 Å². The molecule has 5 fully saturated rings. The Bertz CT molecular complexity index is 640. The SMILES string of the molecule is O=C(CCC1CCCCC1)Nc1nc(CC23CC4CC(CC(C4)C2)C3)cs1. The van der Waals surface area contributed by atoms with Gasteiger partial charge in [0.2, 0.25) is 5.91 Å². The molecule has 27 heavy (non-hydrogen) atoms. The lowest BCUT2D eigenvalue weighted by atomic mass is 9.48. The van der Waals surface area contributed by atoms with Crippen LogP contribution in [0, 0.1) is 29.1 Å². The summed E-state index contributed by atoms with van der Waals surface area (Å²) in [5.74, 6) is 3.92. The van der Waals surface area contributed by atoms with Crippen molar-refractivity contribution in [2.75, 3.05) is 5.32 Å². The van der Waals surface area contributed by atoms with Gasteiger partial charge in [-0.05, 0) is 80.5 Å². The normalized spacial score (nSPS) is 35.5. The van der Waals surface area contributed by atoms with Crippen LogP contribution in [-0.4, -0.2) is 10.9 Å². The number of amides is 1. The highest BCUT2D eigenvalue weighted by atomic mass is 32.1. The Morgan fingerprint density at radius 1 is 1.07 bits per heavy atom. The number of carbonyl (C=O) groups is 1. The fraction of sp³-hybridized carbons (Fsp3) is 0.826. The zero-order valence-electron chi connectivity index (χ0n) is 16.5. The minimum absolute atomic E-state index is 0.163. The van der Waals surface area contributed by atoms with Crippen LogP contribution in [0.2, 0.25) is 0 Å². The topological polar surface area (TPSA) is 42.0 Å². The monoisotopic (exact) mass is 386 g/mol. The van der Waals surface area contributed by atoms with Crippen LogP contribution >= 0.6 is 11.3 Å². The third-order valence-corrected chi connectivity index (χ3v) is 8.83. The van der Waals surface area contributed by atoms with E-state index in [1.54, 1.807) is 11.3 Å². The summed E-state index contributed by atoms with van der Waals surface area (Å²) in [7, 11) is 0. The second-order valence-electron chi connectivity index (χ2n) is 10.3. The molecule has 1 amide bonds. The van der Waals surface area contributed by atoms with Crippen LogP contribution in [0.1, 0.15) is 89.2 Å². The van der Waals surface area contributed by atoms with Gasteiger partial charge in [-0.25, -0.2) is 4.98 Å². The maximum absolute atomic E-state index is 12.3. The van der Waals surface area contributed by atoms with Crippen molar-refractivity contribution >= 4 is 22.4 Å². The van der Waals surface area contributed by atoms with E-state index in [2.05, 4.69) is 10.7 Å². The van der Waals surface area contributed by atoms with Gasteiger partial charge in [-0.3, -0.25) is 4.79 Å². The molecule has 148 valence electrons. The molecular weight excluding hydrogens is 352 g/mol. The van der Waals surface area contributed by atoms with Crippen LogP contribution in [0.15, 0.2) is 5.38 Å². The van der Waals surface area contributed by atoms with Crippen molar-refractivity contribution in [2.45, 2.75) is 89.9 Å². The standard InChI is InChI=1S/C23H34N2OS/c26-21(7-6-16-4-2-1-3-5-16)25-22-24-20(15-27-22)14-23-11-17-8-18(12-23)10-19(9-17)13-23/h15-19H,1-14H2,(H,24,25,26). The summed E-state index contributed by atoms with van der Waals surface area (Å²) < 4.78 is 0. The van der Waals surface area contributed by atoms with Crippen molar-refractivity contribution in [2.24, 2.45) is 29.1 Å². The van der Waals surface area contributed by atoms with Crippen molar-refractivity contribution in [3.05, 3.63) is 11.1 Å². The number of rotatable bonds is 6. The van der Waals surface area contributed by atoms with Crippen molar-refractivity contribution in [1.82, 2.24) is 4.98 Å². The van der Waals surface area contributed by atoms with E-state index in [9.17, 15) is 4.79 Å². The molecule has 0 radical (unpaired) electrons. The zero-order valence-corrected chi connectivity index (χ0v) is 17.4. The van der Waals surface area contributed by atoms with E-state index in [4.69, 9.17) is 4.98 Å². The molecule has 1 aromatic heterocycles. The fourth-order valence-corrected chi connectivity index (χ4v) is 8.06. The molecule has 5 aliphatic rings. The largest absolute Gasteiger partial charge is 0.302 e. The lowest BCUT2D eigenvalue weighted by Gasteiger charge is -2.56. The van der Waals surface area contributed by atoms with Crippen LogP contribution in [0.4, 0.5) is 5.13 Å². The molecule has 6 rings (SSSR count). The minimum Gasteiger partial charge on any atom is -0.302 e. The predicted octanol–water partition coefficient (Wildman–Crippen LogP) is 6.20. The Hall–Kier alpha value is -0.900. The maximum Gasteiger partial charge on any atom is 0.226 e. The van der Waals surface area contributed by atoms with Crippen LogP contribution in [-0.2, 0) is 11.2 Å². The first-order valence-corrected chi connectivity index (χ1v) is 12.3. The first kappa shape index (κ1) is 18.1. The number of hydrogen-bond donors (Lipinski definition) is 1. The molecule has 1 aromatic rings. The molecule has 0 spiro atoms. The van der Waals surface area contributed by atoms with E-state index < -0.39 is 0 Å². The average molecular weight is 387 g/mol. The first-order valence-electron chi connectivity index (χ1n) is 11.4. The first-order chi connectivity index (χ1) is 13.2. The summed E-state index contributed by atoms with van der Waals surface area (Å²) in [5, 5.41) is 6.10. The molecule has 0 aromatic carbocycles. The van der Waals surface area contributed by atoms with E-state index in [1.165, 1.54) is 76.3 Å². The third kappa shape index (κ3) is 4.11. The Balaban J connectivity index is 1.14. The maximum atomic E-state index is 12.3. The molecule has 0 aliphatic heterocycles. The summed E-state index contributed by atoms with van der Waals surface area (Å²) in [4.78, 5) is 17.1. The van der Waals surface area contributed by atoms with Crippen molar-refractivity contribution in [3.8, 4) is 0 Å². The highest BCUT2D eigenvalue weighted by molar-refractivity contribution is 7.13. The highest BCUT2D eigenvalue weighted by Crippen LogP contribution is 2.61. The van der Waals surface area contributed by atoms with Crippen LogP contribution < -0.4 is 5.32 Å². The van der Waals surface area contributed by atoms with Crippen molar-refractivity contribution in [1.29, 1.82) is 0 Å². The molecule has 0 atom stereocenters. The fourth-order valence-electron chi connectivity index (χ4n) is 7.33. The molecule has 5 saturated carbocycles. The van der Waals surface area contributed by atoms with E-state index >= 15 is 0 Å². The van der Waals surface area contributed by atoms with Gasteiger partial charge in [-0.1, -0.05) is 32.1 Å². The van der Waals surface area contributed by atoms with E-state index in [0.29, 0.717) is 11.8 Å². The molecule has 4 heteroatoms. The number of aromatic nitrogens is 1. The van der Waals surface area contributed by atoms with Gasteiger partial charge in [0.05, 0.1) is 5.69 Å². The van der Waals surface area contributed by atoms with Gasteiger partial charge in [-0.2, -0.15) is 0 Å². The predicted molar refractivity (Wildman–Crippen MR) is 111 cm³/mol.